The Morgan fingerprint density at radius 2 is 2.26 bits per heavy atom. The molecule has 1 aliphatic heterocycles. The molecule has 1 aliphatic rings. The summed E-state index contributed by atoms with van der Waals surface area (Å²) in [7, 11) is 1.67. The molecular weight excluding hydrogens is 324 g/mol. The van der Waals surface area contributed by atoms with Crippen LogP contribution in [0.25, 0.3) is 0 Å². The van der Waals surface area contributed by atoms with Crippen molar-refractivity contribution in [3.05, 3.63) is 22.7 Å². The van der Waals surface area contributed by atoms with Crippen LogP contribution < -0.4 is 10.1 Å². The maximum absolute atomic E-state index is 5.27. The first-order valence-electron chi connectivity index (χ1n) is 6.39. The van der Waals surface area contributed by atoms with Gasteiger partial charge in [-0.25, -0.2) is 0 Å². The van der Waals surface area contributed by atoms with Crippen LogP contribution in [-0.2, 0) is 0 Å². The first-order chi connectivity index (χ1) is 9.04. The number of amidine groups is 1. The summed E-state index contributed by atoms with van der Waals surface area (Å²) in [5.41, 5.74) is 1.07. The highest BCUT2D eigenvalue weighted by atomic mass is 79.9. The van der Waals surface area contributed by atoms with Gasteiger partial charge in [-0.2, -0.15) is 0 Å². The monoisotopic (exact) mass is 342 g/mol. The summed E-state index contributed by atoms with van der Waals surface area (Å²) >= 11 is 5.27. The number of ether oxygens (including phenoxy) is 1. The normalized spacial score (nSPS) is 22.8. The molecule has 3 nitrogen and oxygen atoms in total. The third-order valence-electron chi connectivity index (χ3n) is 3.37. The zero-order chi connectivity index (χ0) is 13.9. The molecule has 1 unspecified atom stereocenters. The van der Waals surface area contributed by atoms with Gasteiger partial charge >= 0.3 is 0 Å². The van der Waals surface area contributed by atoms with E-state index in [4.69, 9.17) is 9.73 Å². The summed E-state index contributed by atoms with van der Waals surface area (Å²) < 4.78 is 6.26. The molecule has 2 rings (SSSR count). The van der Waals surface area contributed by atoms with Crippen molar-refractivity contribution >= 4 is 38.5 Å². The summed E-state index contributed by atoms with van der Waals surface area (Å²) in [4.78, 5) is 4.83. The van der Waals surface area contributed by atoms with E-state index in [1.807, 2.05) is 18.2 Å². The number of nitrogens with zero attached hydrogens (tertiary/aromatic N) is 1. The van der Waals surface area contributed by atoms with E-state index in [0.29, 0.717) is 0 Å². The van der Waals surface area contributed by atoms with Gasteiger partial charge in [0.15, 0.2) is 5.17 Å². The second-order valence-electron chi connectivity index (χ2n) is 4.87. The Morgan fingerprint density at radius 3 is 2.95 bits per heavy atom. The number of halogens is 1. The number of thioether (sulfide) groups is 1. The van der Waals surface area contributed by atoms with Crippen LogP contribution in [0.5, 0.6) is 5.75 Å². The lowest BCUT2D eigenvalue weighted by Gasteiger charge is -2.29. The highest BCUT2D eigenvalue weighted by Crippen LogP contribution is 2.31. The molecule has 5 heteroatoms. The van der Waals surface area contributed by atoms with Crippen molar-refractivity contribution in [1.82, 2.24) is 0 Å². The fourth-order valence-corrected chi connectivity index (χ4v) is 3.58. The molecule has 0 radical (unpaired) electrons. The number of hydrogen-bond acceptors (Lipinski definition) is 4. The summed E-state index contributed by atoms with van der Waals surface area (Å²) in [6.07, 6.45) is 2.21. The maximum Gasteiger partial charge on any atom is 0.161 e. The van der Waals surface area contributed by atoms with Crippen molar-refractivity contribution in [3.63, 3.8) is 0 Å². The van der Waals surface area contributed by atoms with Gasteiger partial charge in [0.05, 0.1) is 12.6 Å². The van der Waals surface area contributed by atoms with Gasteiger partial charge in [-0.15, -0.1) is 0 Å². The van der Waals surface area contributed by atoms with Crippen molar-refractivity contribution in [2.45, 2.75) is 32.2 Å². The minimum Gasteiger partial charge on any atom is -0.497 e. The van der Waals surface area contributed by atoms with E-state index in [2.05, 4.69) is 35.1 Å². The molecule has 1 N–H and O–H groups in total. The summed E-state index contributed by atoms with van der Waals surface area (Å²) in [6.45, 7) is 4.41. The third kappa shape index (κ3) is 3.89. The van der Waals surface area contributed by atoms with Gasteiger partial charge in [0.25, 0.3) is 0 Å². The number of benzene rings is 1. The van der Waals surface area contributed by atoms with E-state index < -0.39 is 0 Å². The lowest BCUT2D eigenvalue weighted by atomic mass is 9.97. The van der Waals surface area contributed by atoms with Gasteiger partial charge in [0.2, 0.25) is 0 Å². The van der Waals surface area contributed by atoms with Gasteiger partial charge < -0.3 is 10.1 Å². The molecule has 0 saturated carbocycles. The highest BCUT2D eigenvalue weighted by molar-refractivity contribution is 9.10. The van der Waals surface area contributed by atoms with Crippen LogP contribution >= 0.6 is 27.7 Å². The zero-order valence-electron chi connectivity index (χ0n) is 11.5. The van der Waals surface area contributed by atoms with Crippen LogP contribution in [-0.4, -0.2) is 23.6 Å². The van der Waals surface area contributed by atoms with Gasteiger partial charge in [0, 0.05) is 22.0 Å². The number of rotatable bonds is 3. The Hall–Kier alpha value is -0.680. The van der Waals surface area contributed by atoms with E-state index in [1.54, 1.807) is 18.9 Å². The molecular formula is C14H19BrN2OS. The molecule has 0 bridgehead atoms. The average Bonchev–Trinajstić information content (AvgIpc) is 2.38. The number of nitrogens with one attached hydrogen (secondary N) is 1. The molecule has 0 spiro atoms. The fourth-order valence-electron chi connectivity index (χ4n) is 1.90. The molecule has 0 saturated heterocycles. The van der Waals surface area contributed by atoms with E-state index >= 15 is 0 Å². The number of methoxy groups -OCH3 is 1. The number of aliphatic imine (C=N–C) groups is 1. The summed E-state index contributed by atoms with van der Waals surface area (Å²) in [5, 5.41) is 4.38. The van der Waals surface area contributed by atoms with E-state index in [9.17, 15) is 0 Å². The van der Waals surface area contributed by atoms with Crippen molar-refractivity contribution in [3.8, 4) is 5.75 Å². The molecule has 0 amide bonds. The van der Waals surface area contributed by atoms with Crippen LogP contribution in [0.2, 0.25) is 0 Å². The van der Waals surface area contributed by atoms with Crippen molar-refractivity contribution in [2.24, 2.45) is 4.99 Å². The Morgan fingerprint density at radius 1 is 1.47 bits per heavy atom. The maximum atomic E-state index is 5.27. The molecule has 0 aromatic heterocycles. The number of hydrogen-bond donors (Lipinski definition) is 1. The van der Waals surface area contributed by atoms with Crippen LogP contribution in [0.3, 0.4) is 0 Å². The highest BCUT2D eigenvalue weighted by Gasteiger charge is 2.25. The first kappa shape index (κ1) is 14.7. The van der Waals surface area contributed by atoms with Crippen LogP contribution in [0, 0.1) is 0 Å². The Kier molecular flexibility index (Phi) is 4.79. The standard InChI is InChI=1S/C14H19BrN2OS/c1-4-14(2)5-6-19-13(17-14)16-11-7-10(15)8-12(9-11)18-3/h7-9H,4-6H2,1-3H3,(H,16,17). The Bertz CT molecular complexity index is 492. The molecule has 0 aliphatic carbocycles. The van der Waals surface area contributed by atoms with E-state index in [-0.39, 0.29) is 5.54 Å². The van der Waals surface area contributed by atoms with Crippen molar-refractivity contribution in [1.29, 1.82) is 0 Å². The second-order valence-corrected chi connectivity index (χ2v) is 6.87. The third-order valence-corrected chi connectivity index (χ3v) is 4.70. The predicted molar refractivity (Wildman–Crippen MR) is 87.5 cm³/mol. The van der Waals surface area contributed by atoms with Crippen LogP contribution in [0.15, 0.2) is 27.7 Å². The second kappa shape index (κ2) is 6.18. The first-order valence-corrected chi connectivity index (χ1v) is 8.17. The summed E-state index contributed by atoms with van der Waals surface area (Å²) in [5.74, 6) is 1.94. The predicted octanol–water partition coefficient (Wildman–Crippen LogP) is 4.53. The van der Waals surface area contributed by atoms with Crippen LogP contribution in [0.4, 0.5) is 5.69 Å². The molecule has 104 valence electrons. The lowest BCUT2D eigenvalue weighted by Crippen LogP contribution is -2.29. The minimum absolute atomic E-state index is 0.0731. The Labute approximate surface area is 127 Å². The Balaban J connectivity index is 2.19. The quantitative estimate of drug-likeness (QED) is 0.875. The molecule has 1 aromatic rings. The van der Waals surface area contributed by atoms with Crippen molar-refractivity contribution in [2.75, 3.05) is 18.2 Å². The summed E-state index contributed by atoms with van der Waals surface area (Å²) in [6, 6.07) is 5.95. The zero-order valence-corrected chi connectivity index (χ0v) is 13.9. The molecule has 1 atom stereocenters. The molecule has 0 fully saturated rings. The molecule has 19 heavy (non-hydrogen) atoms. The number of anilines is 1. The SMILES string of the molecule is CCC1(C)CCSC(Nc2cc(Br)cc(OC)c2)=N1. The molecule has 1 heterocycles. The van der Waals surface area contributed by atoms with Crippen molar-refractivity contribution < 1.29 is 4.74 Å². The average molecular weight is 343 g/mol. The topological polar surface area (TPSA) is 33.6 Å². The van der Waals surface area contributed by atoms with Gasteiger partial charge in [-0.05, 0) is 31.9 Å². The van der Waals surface area contributed by atoms with Gasteiger partial charge in [-0.3, -0.25) is 4.99 Å². The minimum atomic E-state index is 0.0731. The van der Waals surface area contributed by atoms with Gasteiger partial charge in [-0.1, -0.05) is 34.6 Å². The van der Waals surface area contributed by atoms with E-state index in [0.717, 1.165) is 39.7 Å². The molecule has 1 aromatic carbocycles. The lowest BCUT2D eigenvalue weighted by molar-refractivity contribution is 0.415. The fraction of sp³-hybridized carbons (Fsp3) is 0.500. The largest absolute Gasteiger partial charge is 0.497 e. The van der Waals surface area contributed by atoms with E-state index in [1.165, 1.54) is 0 Å². The van der Waals surface area contributed by atoms with Gasteiger partial charge in [0.1, 0.15) is 5.75 Å². The van der Waals surface area contributed by atoms with Crippen LogP contribution in [0.1, 0.15) is 26.7 Å². The smallest absolute Gasteiger partial charge is 0.161 e.